The van der Waals surface area contributed by atoms with Gasteiger partial charge in [-0.1, -0.05) is 28.1 Å². The summed E-state index contributed by atoms with van der Waals surface area (Å²) >= 11 is 2.92. The minimum absolute atomic E-state index is 0.182. The normalized spacial score (nSPS) is 10.2. The highest BCUT2D eigenvalue weighted by Crippen LogP contribution is 2.24. The van der Waals surface area contributed by atoms with Crippen molar-refractivity contribution in [2.45, 2.75) is 0 Å². The molecule has 0 saturated carbocycles. The second-order valence-electron chi connectivity index (χ2n) is 4.05. The zero-order valence-electron chi connectivity index (χ0n) is 10.4. The van der Waals surface area contributed by atoms with Gasteiger partial charge in [-0.3, -0.25) is 4.79 Å². The van der Waals surface area contributed by atoms with Gasteiger partial charge in [-0.15, -0.1) is 0 Å². The van der Waals surface area contributed by atoms with E-state index in [1.54, 1.807) is 0 Å². The van der Waals surface area contributed by atoms with Crippen molar-refractivity contribution >= 4 is 33.5 Å². The SMILES string of the molecule is O=C(O)c1ccccc1C(=O)Nc1c(F)cc(Br)cc1F. The van der Waals surface area contributed by atoms with Crippen LogP contribution in [-0.2, 0) is 0 Å². The van der Waals surface area contributed by atoms with E-state index < -0.39 is 29.2 Å². The van der Waals surface area contributed by atoms with Crippen molar-refractivity contribution in [2.75, 3.05) is 5.32 Å². The first-order chi connectivity index (χ1) is 9.90. The number of halogens is 3. The number of anilines is 1. The van der Waals surface area contributed by atoms with Crippen LogP contribution < -0.4 is 5.32 Å². The number of amides is 1. The zero-order valence-corrected chi connectivity index (χ0v) is 11.9. The Morgan fingerprint density at radius 3 is 2.10 bits per heavy atom. The number of rotatable bonds is 3. The molecule has 1 amide bonds. The molecule has 2 aromatic rings. The fourth-order valence-electron chi connectivity index (χ4n) is 1.71. The number of carboxylic acid groups (broad SMARTS) is 1. The van der Waals surface area contributed by atoms with Crippen LogP contribution in [0.1, 0.15) is 20.7 Å². The van der Waals surface area contributed by atoms with Crippen LogP contribution in [0.2, 0.25) is 0 Å². The first kappa shape index (κ1) is 15.1. The molecule has 0 aliphatic carbocycles. The van der Waals surface area contributed by atoms with Crippen LogP contribution in [0.3, 0.4) is 0 Å². The van der Waals surface area contributed by atoms with E-state index in [2.05, 4.69) is 15.9 Å². The predicted molar refractivity (Wildman–Crippen MR) is 75.4 cm³/mol. The standard InChI is InChI=1S/C14H8BrF2NO3/c15-7-5-10(16)12(11(17)6-7)18-13(19)8-3-1-2-4-9(8)14(20)21/h1-6H,(H,18,19)(H,20,21). The lowest BCUT2D eigenvalue weighted by atomic mass is 10.1. The summed E-state index contributed by atoms with van der Waals surface area (Å²) < 4.78 is 27.5. The number of benzene rings is 2. The van der Waals surface area contributed by atoms with Gasteiger partial charge in [0.1, 0.15) is 5.69 Å². The minimum atomic E-state index is -1.31. The molecule has 2 aromatic carbocycles. The lowest BCUT2D eigenvalue weighted by Gasteiger charge is -2.09. The van der Waals surface area contributed by atoms with Gasteiger partial charge in [0.15, 0.2) is 11.6 Å². The molecule has 0 bridgehead atoms. The predicted octanol–water partition coefficient (Wildman–Crippen LogP) is 3.68. The molecule has 4 nitrogen and oxygen atoms in total. The lowest BCUT2D eigenvalue weighted by molar-refractivity contribution is 0.0692. The molecule has 0 saturated heterocycles. The van der Waals surface area contributed by atoms with Gasteiger partial charge < -0.3 is 10.4 Å². The number of carbonyl (C=O) groups excluding carboxylic acids is 1. The van der Waals surface area contributed by atoms with Crippen molar-refractivity contribution in [2.24, 2.45) is 0 Å². The molecule has 0 heterocycles. The molecule has 0 fully saturated rings. The van der Waals surface area contributed by atoms with E-state index in [9.17, 15) is 18.4 Å². The fraction of sp³-hybridized carbons (Fsp3) is 0. The molecule has 0 spiro atoms. The molecule has 108 valence electrons. The number of carboxylic acids is 1. The van der Waals surface area contributed by atoms with Crippen molar-refractivity contribution < 1.29 is 23.5 Å². The highest BCUT2D eigenvalue weighted by atomic mass is 79.9. The van der Waals surface area contributed by atoms with Crippen molar-refractivity contribution in [3.8, 4) is 0 Å². The monoisotopic (exact) mass is 355 g/mol. The van der Waals surface area contributed by atoms with Crippen LogP contribution in [0.15, 0.2) is 40.9 Å². The smallest absolute Gasteiger partial charge is 0.336 e. The number of hydrogen-bond donors (Lipinski definition) is 2. The van der Waals surface area contributed by atoms with Crippen molar-refractivity contribution in [3.05, 3.63) is 63.6 Å². The summed E-state index contributed by atoms with van der Waals surface area (Å²) in [6.07, 6.45) is 0. The Morgan fingerprint density at radius 2 is 1.57 bits per heavy atom. The topological polar surface area (TPSA) is 66.4 Å². The van der Waals surface area contributed by atoms with Gasteiger partial charge in [-0.25, -0.2) is 13.6 Å². The molecule has 0 aliphatic rings. The fourth-order valence-corrected chi connectivity index (χ4v) is 2.11. The molecule has 2 N–H and O–H groups in total. The number of aromatic carboxylic acids is 1. The molecule has 2 rings (SSSR count). The summed E-state index contributed by atoms with van der Waals surface area (Å²) in [5.74, 6) is -4.16. The summed E-state index contributed by atoms with van der Waals surface area (Å²) in [6.45, 7) is 0. The van der Waals surface area contributed by atoms with Gasteiger partial charge in [-0.2, -0.15) is 0 Å². The molecule has 0 radical (unpaired) electrons. The van der Waals surface area contributed by atoms with E-state index in [1.807, 2.05) is 5.32 Å². The van der Waals surface area contributed by atoms with Crippen LogP contribution in [0.25, 0.3) is 0 Å². The number of hydrogen-bond acceptors (Lipinski definition) is 2. The van der Waals surface area contributed by atoms with E-state index in [1.165, 1.54) is 24.3 Å². The molecular formula is C14H8BrF2NO3. The maximum absolute atomic E-state index is 13.6. The van der Waals surface area contributed by atoms with E-state index in [-0.39, 0.29) is 15.6 Å². The molecule has 0 unspecified atom stereocenters. The summed E-state index contributed by atoms with van der Waals surface area (Å²) in [7, 11) is 0. The quantitative estimate of drug-likeness (QED) is 0.882. The summed E-state index contributed by atoms with van der Waals surface area (Å²) in [5.41, 5.74) is -1.08. The average Bonchev–Trinajstić information content (AvgIpc) is 2.42. The first-order valence-corrected chi connectivity index (χ1v) is 6.47. The van der Waals surface area contributed by atoms with Gasteiger partial charge >= 0.3 is 5.97 Å². The van der Waals surface area contributed by atoms with Gasteiger partial charge in [0.05, 0.1) is 11.1 Å². The van der Waals surface area contributed by atoms with Gasteiger partial charge in [-0.05, 0) is 24.3 Å². The molecule has 0 aliphatic heterocycles. The third-order valence-corrected chi connectivity index (χ3v) is 3.11. The highest BCUT2D eigenvalue weighted by molar-refractivity contribution is 9.10. The van der Waals surface area contributed by atoms with E-state index in [0.29, 0.717) is 0 Å². The Hall–Kier alpha value is -2.28. The van der Waals surface area contributed by atoms with E-state index in [4.69, 9.17) is 5.11 Å². The van der Waals surface area contributed by atoms with E-state index >= 15 is 0 Å². The summed E-state index contributed by atoms with van der Waals surface area (Å²) in [6, 6.07) is 7.36. The van der Waals surface area contributed by atoms with Crippen molar-refractivity contribution in [1.82, 2.24) is 0 Å². The lowest BCUT2D eigenvalue weighted by Crippen LogP contribution is -2.18. The zero-order chi connectivity index (χ0) is 15.6. The van der Waals surface area contributed by atoms with Gasteiger partial charge in [0.2, 0.25) is 0 Å². The third kappa shape index (κ3) is 3.25. The third-order valence-electron chi connectivity index (χ3n) is 2.65. The van der Waals surface area contributed by atoms with E-state index in [0.717, 1.165) is 12.1 Å². The highest BCUT2D eigenvalue weighted by Gasteiger charge is 2.19. The molecule has 0 atom stereocenters. The summed E-state index contributed by atoms with van der Waals surface area (Å²) in [5, 5.41) is 11.0. The van der Waals surface area contributed by atoms with Crippen LogP contribution in [0.5, 0.6) is 0 Å². The largest absolute Gasteiger partial charge is 0.478 e. The number of nitrogens with one attached hydrogen (secondary N) is 1. The van der Waals surface area contributed by atoms with Gasteiger partial charge in [0.25, 0.3) is 5.91 Å². The second-order valence-corrected chi connectivity index (χ2v) is 4.96. The van der Waals surface area contributed by atoms with Gasteiger partial charge in [0, 0.05) is 4.47 Å². The molecule has 21 heavy (non-hydrogen) atoms. The maximum Gasteiger partial charge on any atom is 0.336 e. The van der Waals surface area contributed by atoms with Crippen LogP contribution >= 0.6 is 15.9 Å². The minimum Gasteiger partial charge on any atom is -0.478 e. The number of carbonyl (C=O) groups is 2. The Morgan fingerprint density at radius 1 is 1.05 bits per heavy atom. The Balaban J connectivity index is 2.38. The first-order valence-electron chi connectivity index (χ1n) is 5.68. The Bertz CT molecular complexity index is 711. The Kier molecular flexibility index (Phi) is 4.32. The molecule has 7 heteroatoms. The van der Waals surface area contributed by atoms with Crippen LogP contribution in [0.4, 0.5) is 14.5 Å². The Labute approximate surface area is 126 Å². The van der Waals surface area contributed by atoms with Crippen molar-refractivity contribution in [1.29, 1.82) is 0 Å². The molecule has 0 aromatic heterocycles. The average molecular weight is 356 g/mol. The van der Waals surface area contributed by atoms with Crippen LogP contribution in [-0.4, -0.2) is 17.0 Å². The summed E-state index contributed by atoms with van der Waals surface area (Å²) in [4.78, 5) is 23.0. The van der Waals surface area contributed by atoms with Crippen molar-refractivity contribution in [3.63, 3.8) is 0 Å². The molecular weight excluding hydrogens is 348 g/mol. The maximum atomic E-state index is 13.6. The van der Waals surface area contributed by atoms with Crippen LogP contribution in [0, 0.1) is 11.6 Å². The second kappa shape index (κ2) is 6.01.